The van der Waals surface area contributed by atoms with Gasteiger partial charge in [-0.1, -0.05) is 29.3 Å². The minimum Gasteiger partial charge on any atom is -0.491 e. The molecule has 1 amide bonds. The monoisotopic (exact) mass is 392 g/mol. The van der Waals surface area contributed by atoms with Crippen molar-refractivity contribution in [3.63, 3.8) is 0 Å². The second-order valence-electron chi connectivity index (χ2n) is 5.78. The zero-order valence-electron chi connectivity index (χ0n) is 14.5. The lowest BCUT2D eigenvalue weighted by molar-refractivity contribution is -0.126. The number of nitrogens with zero attached hydrogens (tertiary/aromatic N) is 2. The van der Waals surface area contributed by atoms with Crippen LogP contribution in [0, 0.1) is 0 Å². The van der Waals surface area contributed by atoms with Crippen molar-refractivity contribution >= 4 is 35.2 Å². The zero-order valence-corrected chi connectivity index (χ0v) is 16.0. The van der Waals surface area contributed by atoms with E-state index in [2.05, 4.69) is 4.98 Å². The van der Waals surface area contributed by atoms with E-state index in [1.807, 2.05) is 12.1 Å². The summed E-state index contributed by atoms with van der Waals surface area (Å²) >= 11 is 13.0. The fourth-order valence-corrected chi connectivity index (χ4v) is 3.69. The Hall–Kier alpha value is -2.24. The van der Waals surface area contributed by atoms with Gasteiger partial charge in [0, 0.05) is 31.6 Å². The standard InChI is InChI=1S/C19H18Cl2N2O3/c1-25-18-16(20)13-7-9-23(11-14(13)17(21)19(18)26-2)15(24)6-5-12-4-3-8-22-10-12/h3-6,8,10H,7,9,11H2,1-2H3. The Balaban J connectivity index is 1.86. The van der Waals surface area contributed by atoms with Gasteiger partial charge < -0.3 is 14.4 Å². The Labute approximate surface area is 162 Å². The van der Waals surface area contributed by atoms with Crippen molar-refractivity contribution < 1.29 is 14.3 Å². The normalized spacial score (nSPS) is 13.6. The van der Waals surface area contributed by atoms with Crippen molar-refractivity contribution in [1.82, 2.24) is 9.88 Å². The largest absolute Gasteiger partial charge is 0.491 e. The molecular weight excluding hydrogens is 375 g/mol. The molecule has 1 aromatic carbocycles. The molecule has 2 aromatic rings. The third-order valence-electron chi connectivity index (χ3n) is 4.30. The van der Waals surface area contributed by atoms with Gasteiger partial charge in [-0.05, 0) is 35.3 Å². The Kier molecular flexibility index (Phi) is 5.69. The number of methoxy groups -OCH3 is 2. The van der Waals surface area contributed by atoms with Gasteiger partial charge in [0.1, 0.15) is 0 Å². The molecule has 5 nitrogen and oxygen atoms in total. The van der Waals surface area contributed by atoms with E-state index in [0.29, 0.717) is 41.1 Å². The maximum absolute atomic E-state index is 12.5. The van der Waals surface area contributed by atoms with Crippen molar-refractivity contribution in [2.45, 2.75) is 13.0 Å². The number of rotatable bonds is 4. The number of carbonyl (C=O) groups is 1. The molecule has 0 N–H and O–H groups in total. The van der Waals surface area contributed by atoms with E-state index in [-0.39, 0.29) is 5.91 Å². The molecule has 0 bridgehead atoms. The van der Waals surface area contributed by atoms with Crippen LogP contribution in [0.15, 0.2) is 30.6 Å². The van der Waals surface area contributed by atoms with E-state index >= 15 is 0 Å². The summed E-state index contributed by atoms with van der Waals surface area (Å²) in [4.78, 5) is 18.3. The number of halogens is 2. The third-order valence-corrected chi connectivity index (χ3v) is 5.10. The molecule has 0 aliphatic carbocycles. The molecule has 0 unspecified atom stereocenters. The molecular formula is C19H18Cl2N2O3. The van der Waals surface area contributed by atoms with Gasteiger partial charge in [-0.15, -0.1) is 0 Å². The summed E-state index contributed by atoms with van der Waals surface area (Å²) in [5.74, 6) is 0.716. The SMILES string of the molecule is COc1c(Cl)c2c(c(Cl)c1OC)CN(C(=O)C=Cc1cccnc1)CC2. The van der Waals surface area contributed by atoms with Crippen LogP contribution >= 0.6 is 23.2 Å². The summed E-state index contributed by atoms with van der Waals surface area (Å²) in [6.07, 6.45) is 7.27. The van der Waals surface area contributed by atoms with Crippen molar-refractivity contribution in [2.24, 2.45) is 0 Å². The van der Waals surface area contributed by atoms with Gasteiger partial charge in [0.25, 0.3) is 0 Å². The second kappa shape index (κ2) is 7.98. The number of benzene rings is 1. The van der Waals surface area contributed by atoms with Gasteiger partial charge in [-0.3, -0.25) is 9.78 Å². The van der Waals surface area contributed by atoms with Crippen molar-refractivity contribution in [3.05, 3.63) is 57.3 Å². The van der Waals surface area contributed by atoms with Gasteiger partial charge in [-0.25, -0.2) is 0 Å². The quantitative estimate of drug-likeness (QED) is 0.737. The van der Waals surface area contributed by atoms with E-state index in [1.54, 1.807) is 23.4 Å². The number of carbonyl (C=O) groups excluding carboxylic acids is 1. The van der Waals surface area contributed by atoms with E-state index in [1.165, 1.54) is 20.3 Å². The molecule has 0 radical (unpaired) electrons. The number of amides is 1. The van der Waals surface area contributed by atoms with Crippen LogP contribution in [0.4, 0.5) is 0 Å². The summed E-state index contributed by atoms with van der Waals surface area (Å²) in [6, 6.07) is 3.71. The van der Waals surface area contributed by atoms with Gasteiger partial charge in [0.2, 0.25) is 5.91 Å². The van der Waals surface area contributed by atoms with Gasteiger partial charge >= 0.3 is 0 Å². The first kappa shape index (κ1) is 18.5. The number of pyridine rings is 1. The topological polar surface area (TPSA) is 51.7 Å². The molecule has 0 saturated heterocycles. The van der Waals surface area contributed by atoms with Gasteiger partial charge in [-0.2, -0.15) is 0 Å². The molecule has 7 heteroatoms. The van der Waals surface area contributed by atoms with Crippen LogP contribution in [-0.4, -0.2) is 36.6 Å². The van der Waals surface area contributed by atoms with Crippen molar-refractivity contribution in [1.29, 1.82) is 0 Å². The highest BCUT2D eigenvalue weighted by Crippen LogP contribution is 2.47. The predicted molar refractivity (Wildman–Crippen MR) is 102 cm³/mol. The lowest BCUT2D eigenvalue weighted by Crippen LogP contribution is -2.35. The summed E-state index contributed by atoms with van der Waals surface area (Å²) < 4.78 is 10.7. The second-order valence-corrected chi connectivity index (χ2v) is 6.54. The van der Waals surface area contributed by atoms with Crippen LogP contribution in [0.25, 0.3) is 6.08 Å². The minimum atomic E-state index is -0.0959. The number of fused-ring (bicyclic) bond motifs is 1. The lowest BCUT2D eigenvalue weighted by Gasteiger charge is -2.30. The summed E-state index contributed by atoms with van der Waals surface area (Å²) in [5.41, 5.74) is 2.56. The number of hydrogen-bond donors (Lipinski definition) is 0. The summed E-state index contributed by atoms with van der Waals surface area (Å²) in [5, 5.41) is 0.916. The predicted octanol–water partition coefficient (Wildman–Crippen LogP) is 4.00. The maximum atomic E-state index is 12.5. The van der Waals surface area contributed by atoms with Gasteiger partial charge in [0.15, 0.2) is 11.5 Å². The van der Waals surface area contributed by atoms with Crippen LogP contribution < -0.4 is 9.47 Å². The molecule has 0 atom stereocenters. The zero-order chi connectivity index (χ0) is 18.7. The van der Waals surface area contributed by atoms with E-state index in [4.69, 9.17) is 32.7 Å². The lowest BCUT2D eigenvalue weighted by atomic mass is 9.98. The first-order valence-electron chi connectivity index (χ1n) is 8.04. The van der Waals surface area contributed by atoms with Gasteiger partial charge in [0.05, 0.1) is 24.3 Å². The molecule has 2 heterocycles. The van der Waals surface area contributed by atoms with Crippen LogP contribution in [0.3, 0.4) is 0 Å². The molecule has 1 aromatic heterocycles. The molecule has 1 aliphatic rings. The first-order chi connectivity index (χ1) is 12.6. The average molecular weight is 393 g/mol. The summed E-state index contributed by atoms with van der Waals surface area (Å²) in [6.45, 7) is 0.916. The van der Waals surface area contributed by atoms with Crippen LogP contribution in [-0.2, 0) is 17.8 Å². The van der Waals surface area contributed by atoms with E-state index in [9.17, 15) is 4.79 Å². The van der Waals surface area contributed by atoms with Crippen LogP contribution in [0.1, 0.15) is 16.7 Å². The van der Waals surface area contributed by atoms with E-state index < -0.39 is 0 Å². The van der Waals surface area contributed by atoms with Crippen LogP contribution in [0.2, 0.25) is 10.0 Å². The molecule has 0 spiro atoms. The summed E-state index contributed by atoms with van der Waals surface area (Å²) in [7, 11) is 3.03. The molecule has 136 valence electrons. The average Bonchev–Trinajstić information content (AvgIpc) is 2.69. The molecule has 1 aliphatic heterocycles. The number of hydrogen-bond acceptors (Lipinski definition) is 4. The number of aromatic nitrogens is 1. The minimum absolute atomic E-state index is 0.0959. The highest BCUT2D eigenvalue weighted by Gasteiger charge is 2.29. The molecule has 0 saturated carbocycles. The number of ether oxygens (including phenoxy) is 2. The molecule has 3 rings (SSSR count). The highest BCUT2D eigenvalue weighted by atomic mass is 35.5. The third kappa shape index (κ3) is 3.50. The maximum Gasteiger partial charge on any atom is 0.246 e. The molecule has 26 heavy (non-hydrogen) atoms. The fourth-order valence-electron chi connectivity index (χ4n) is 2.98. The Morgan fingerprint density at radius 1 is 1.19 bits per heavy atom. The Morgan fingerprint density at radius 3 is 2.50 bits per heavy atom. The van der Waals surface area contributed by atoms with Crippen molar-refractivity contribution in [3.8, 4) is 11.5 Å². The van der Waals surface area contributed by atoms with Crippen LogP contribution in [0.5, 0.6) is 11.5 Å². The fraction of sp³-hybridized carbons (Fsp3) is 0.263. The molecule has 0 fully saturated rings. The van der Waals surface area contributed by atoms with Crippen molar-refractivity contribution in [2.75, 3.05) is 20.8 Å². The van der Waals surface area contributed by atoms with E-state index in [0.717, 1.165) is 16.7 Å². The Morgan fingerprint density at radius 2 is 1.88 bits per heavy atom. The Bertz CT molecular complexity index is 854. The highest BCUT2D eigenvalue weighted by molar-refractivity contribution is 6.37. The smallest absolute Gasteiger partial charge is 0.246 e. The first-order valence-corrected chi connectivity index (χ1v) is 8.80.